The molecule has 7 heteroatoms. The van der Waals surface area contributed by atoms with Crippen molar-refractivity contribution >= 4 is 5.69 Å². The molecule has 1 aliphatic rings. The summed E-state index contributed by atoms with van der Waals surface area (Å²) in [5, 5.41) is 0. The molecule has 0 spiro atoms. The molecule has 0 radical (unpaired) electrons. The van der Waals surface area contributed by atoms with Gasteiger partial charge in [0.05, 0.1) is 25.0 Å². The first-order chi connectivity index (χ1) is 14.0. The van der Waals surface area contributed by atoms with Gasteiger partial charge in [-0.05, 0) is 30.2 Å². The van der Waals surface area contributed by atoms with E-state index in [0.717, 1.165) is 18.1 Å². The Morgan fingerprint density at radius 2 is 1.97 bits per heavy atom. The van der Waals surface area contributed by atoms with Gasteiger partial charge in [0.1, 0.15) is 0 Å². The first kappa shape index (κ1) is 19.5. The highest BCUT2D eigenvalue weighted by atomic mass is 19.4. The van der Waals surface area contributed by atoms with E-state index in [1.165, 1.54) is 18.7 Å². The second kappa shape index (κ2) is 8.29. The molecule has 3 aromatic rings. The lowest BCUT2D eigenvalue weighted by Gasteiger charge is -2.21. The summed E-state index contributed by atoms with van der Waals surface area (Å²) in [6.45, 7) is 2.47. The Labute approximate surface area is 166 Å². The summed E-state index contributed by atoms with van der Waals surface area (Å²) in [5.74, 6) is 0.598. The van der Waals surface area contributed by atoms with Gasteiger partial charge in [0.2, 0.25) is 0 Å². The normalized spacial score (nSPS) is 17.1. The van der Waals surface area contributed by atoms with E-state index in [1.54, 1.807) is 6.07 Å². The number of rotatable bonds is 6. The maximum absolute atomic E-state index is 13.4. The maximum atomic E-state index is 13.4. The van der Waals surface area contributed by atoms with Crippen LogP contribution in [0.5, 0.6) is 0 Å². The lowest BCUT2D eigenvalue weighted by Crippen LogP contribution is -2.22. The molecule has 0 N–H and O–H groups in total. The van der Waals surface area contributed by atoms with Crippen molar-refractivity contribution in [3.63, 3.8) is 0 Å². The summed E-state index contributed by atoms with van der Waals surface area (Å²) in [5.41, 5.74) is 1.33. The molecule has 152 valence electrons. The van der Waals surface area contributed by atoms with Crippen LogP contribution in [-0.2, 0) is 17.5 Å². The molecule has 4 rings (SSSR count). The summed E-state index contributed by atoms with van der Waals surface area (Å²) in [6.07, 6.45) is -0.917. The number of oxazole rings is 1. The molecule has 1 aliphatic heterocycles. The minimum atomic E-state index is -4.43. The zero-order chi connectivity index (χ0) is 20.3. The second-order valence-corrected chi connectivity index (χ2v) is 7.23. The first-order valence-electron chi connectivity index (χ1n) is 9.47. The van der Waals surface area contributed by atoms with Crippen LogP contribution in [0.3, 0.4) is 0 Å². The van der Waals surface area contributed by atoms with Gasteiger partial charge in [-0.1, -0.05) is 30.3 Å². The standard InChI is InChI=1S/C22H21F3N2O2/c23-22(24,25)19-8-18(21-11-26-15-29-21)9-20(10-19)27-7-6-17(12-27)14-28-13-16-4-2-1-3-5-16/h1-5,8-11,15,17H,6-7,12-14H2. The van der Waals surface area contributed by atoms with E-state index in [9.17, 15) is 13.2 Å². The van der Waals surface area contributed by atoms with Crippen LogP contribution < -0.4 is 4.90 Å². The molecule has 1 fully saturated rings. The summed E-state index contributed by atoms with van der Waals surface area (Å²) in [7, 11) is 0. The van der Waals surface area contributed by atoms with Crippen LogP contribution in [0.25, 0.3) is 11.3 Å². The minimum absolute atomic E-state index is 0.280. The van der Waals surface area contributed by atoms with Gasteiger partial charge in [0.15, 0.2) is 12.2 Å². The first-order valence-corrected chi connectivity index (χ1v) is 9.47. The monoisotopic (exact) mass is 402 g/mol. The van der Waals surface area contributed by atoms with Crippen molar-refractivity contribution in [3.05, 3.63) is 72.2 Å². The number of nitrogens with zero attached hydrogens (tertiary/aromatic N) is 2. The summed E-state index contributed by atoms with van der Waals surface area (Å²) < 4.78 is 51.2. The van der Waals surface area contributed by atoms with E-state index in [2.05, 4.69) is 4.98 Å². The molecule has 0 aliphatic carbocycles. The van der Waals surface area contributed by atoms with E-state index in [0.29, 0.717) is 43.3 Å². The second-order valence-electron chi connectivity index (χ2n) is 7.23. The number of hydrogen-bond donors (Lipinski definition) is 0. The molecule has 2 aromatic carbocycles. The molecule has 1 unspecified atom stereocenters. The Kier molecular flexibility index (Phi) is 5.58. The van der Waals surface area contributed by atoms with Crippen LogP contribution in [0.2, 0.25) is 0 Å². The van der Waals surface area contributed by atoms with Gasteiger partial charge in [-0.3, -0.25) is 0 Å². The van der Waals surface area contributed by atoms with Crippen molar-refractivity contribution in [2.24, 2.45) is 5.92 Å². The highest BCUT2D eigenvalue weighted by molar-refractivity contribution is 5.66. The maximum Gasteiger partial charge on any atom is 0.416 e. The number of benzene rings is 2. The molecule has 2 heterocycles. The fraction of sp³-hybridized carbons (Fsp3) is 0.318. The Morgan fingerprint density at radius 3 is 2.69 bits per heavy atom. The van der Waals surface area contributed by atoms with Gasteiger partial charge in [-0.15, -0.1) is 0 Å². The van der Waals surface area contributed by atoms with Gasteiger partial charge in [0.25, 0.3) is 0 Å². The van der Waals surface area contributed by atoms with E-state index < -0.39 is 11.7 Å². The zero-order valence-corrected chi connectivity index (χ0v) is 15.7. The number of aromatic nitrogens is 1. The highest BCUT2D eigenvalue weighted by Gasteiger charge is 2.33. The lowest BCUT2D eigenvalue weighted by atomic mass is 10.1. The van der Waals surface area contributed by atoms with Crippen molar-refractivity contribution in [2.75, 3.05) is 24.6 Å². The largest absolute Gasteiger partial charge is 0.444 e. The van der Waals surface area contributed by atoms with Crippen molar-refractivity contribution in [1.29, 1.82) is 0 Å². The molecule has 1 aromatic heterocycles. The quantitative estimate of drug-likeness (QED) is 0.553. The number of halogens is 3. The van der Waals surface area contributed by atoms with Crippen LogP contribution >= 0.6 is 0 Å². The van der Waals surface area contributed by atoms with Crippen LogP contribution in [0.1, 0.15) is 17.5 Å². The predicted octanol–water partition coefficient (Wildman–Crippen LogP) is 5.40. The minimum Gasteiger partial charge on any atom is -0.444 e. The van der Waals surface area contributed by atoms with Crippen molar-refractivity contribution in [2.45, 2.75) is 19.2 Å². The van der Waals surface area contributed by atoms with Gasteiger partial charge >= 0.3 is 6.18 Å². The van der Waals surface area contributed by atoms with Crippen molar-refractivity contribution < 1.29 is 22.3 Å². The van der Waals surface area contributed by atoms with E-state index in [1.807, 2.05) is 35.2 Å². The number of hydrogen-bond acceptors (Lipinski definition) is 4. The SMILES string of the molecule is FC(F)(F)c1cc(-c2cnco2)cc(N2CCC(COCc3ccccc3)C2)c1. The Morgan fingerprint density at radius 1 is 1.14 bits per heavy atom. The third-order valence-corrected chi connectivity index (χ3v) is 5.08. The molecule has 4 nitrogen and oxygen atoms in total. The topological polar surface area (TPSA) is 38.5 Å². The lowest BCUT2D eigenvalue weighted by molar-refractivity contribution is -0.137. The number of ether oxygens (including phenoxy) is 1. The third kappa shape index (κ3) is 4.79. The smallest absolute Gasteiger partial charge is 0.416 e. The molecular formula is C22H21F3N2O2. The summed E-state index contributed by atoms with van der Waals surface area (Å²) in [4.78, 5) is 5.79. The molecule has 0 saturated carbocycles. The number of alkyl halides is 3. The van der Waals surface area contributed by atoms with Crippen molar-refractivity contribution in [3.8, 4) is 11.3 Å². The predicted molar refractivity (Wildman–Crippen MR) is 103 cm³/mol. The van der Waals surface area contributed by atoms with Crippen molar-refractivity contribution in [1.82, 2.24) is 4.98 Å². The van der Waals surface area contributed by atoms with Gasteiger partial charge in [0, 0.05) is 30.3 Å². The number of anilines is 1. The highest BCUT2D eigenvalue weighted by Crippen LogP contribution is 2.37. The fourth-order valence-corrected chi connectivity index (χ4v) is 3.58. The van der Waals surface area contributed by atoms with Crippen LogP contribution in [0.4, 0.5) is 18.9 Å². The van der Waals surface area contributed by atoms with Crippen LogP contribution in [0.15, 0.2) is 65.5 Å². The average Bonchev–Trinajstić information content (AvgIpc) is 3.40. The summed E-state index contributed by atoms with van der Waals surface area (Å²) in [6, 6.07) is 13.9. The fourth-order valence-electron chi connectivity index (χ4n) is 3.58. The molecule has 0 amide bonds. The third-order valence-electron chi connectivity index (χ3n) is 5.08. The summed E-state index contributed by atoms with van der Waals surface area (Å²) >= 11 is 0. The molecule has 1 saturated heterocycles. The molecule has 29 heavy (non-hydrogen) atoms. The van der Waals surface area contributed by atoms with E-state index in [-0.39, 0.29) is 5.92 Å². The van der Waals surface area contributed by atoms with E-state index in [4.69, 9.17) is 9.15 Å². The Balaban J connectivity index is 1.45. The molecular weight excluding hydrogens is 381 g/mol. The van der Waals surface area contributed by atoms with Crippen LogP contribution in [-0.4, -0.2) is 24.7 Å². The van der Waals surface area contributed by atoms with Gasteiger partial charge in [-0.2, -0.15) is 13.2 Å². The molecule has 0 bridgehead atoms. The molecule has 1 atom stereocenters. The Hall–Kier alpha value is -2.80. The van der Waals surface area contributed by atoms with Crippen LogP contribution in [0, 0.1) is 5.92 Å². The van der Waals surface area contributed by atoms with E-state index >= 15 is 0 Å². The average molecular weight is 402 g/mol. The van der Waals surface area contributed by atoms with Gasteiger partial charge in [-0.25, -0.2) is 4.98 Å². The van der Waals surface area contributed by atoms with Gasteiger partial charge < -0.3 is 14.1 Å². The zero-order valence-electron chi connectivity index (χ0n) is 15.7. The Bertz CT molecular complexity index is 927.